The summed E-state index contributed by atoms with van der Waals surface area (Å²) in [7, 11) is 0. The second kappa shape index (κ2) is 5.21. The normalized spacial score (nSPS) is 9.80. The Bertz CT molecular complexity index is 736. The van der Waals surface area contributed by atoms with Crippen molar-refractivity contribution in [3.8, 4) is 22.6 Å². The lowest BCUT2D eigenvalue weighted by atomic mass is 10.00. The summed E-state index contributed by atoms with van der Waals surface area (Å²) in [6.45, 7) is 0. The number of aromatic carboxylic acids is 1. The third kappa shape index (κ3) is 2.33. The minimum Gasteiger partial charge on any atom is -0.504 e. The maximum atomic E-state index is 11.0. The second-order valence-electron chi connectivity index (χ2n) is 3.90. The Morgan fingerprint density at radius 3 is 2.55 bits per heavy atom. The molecule has 0 unspecified atom stereocenters. The molecule has 0 bridgehead atoms. The molecular weight excluding hydrogens is 262 g/mol. The highest BCUT2D eigenvalue weighted by Gasteiger charge is 2.14. The van der Waals surface area contributed by atoms with Gasteiger partial charge in [-0.05, 0) is 29.3 Å². The van der Waals surface area contributed by atoms with Crippen LogP contribution in [0, 0.1) is 0 Å². The molecule has 0 fully saturated rings. The summed E-state index contributed by atoms with van der Waals surface area (Å²) in [5.41, 5.74) is 9.04. The first-order valence-corrected chi connectivity index (χ1v) is 5.48. The van der Waals surface area contributed by atoms with Gasteiger partial charge in [0.2, 0.25) is 0 Å². The minimum absolute atomic E-state index is 0.0281. The Morgan fingerprint density at radius 2 is 1.90 bits per heavy atom. The van der Waals surface area contributed by atoms with Crippen LogP contribution in [0.1, 0.15) is 10.4 Å². The van der Waals surface area contributed by atoms with E-state index in [-0.39, 0.29) is 28.1 Å². The van der Waals surface area contributed by atoms with Crippen LogP contribution in [-0.2, 0) is 0 Å². The average molecular weight is 271 g/mol. The Balaban J connectivity index is 2.75. The molecule has 0 radical (unpaired) electrons. The van der Waals surface area contributed by atoms with Gasteiger partial charge in [0.15, 0.2) is 11.5 Å². The van der Waals surface area contributed by atoms with Gasteiger partial charge < -0.3 is 15.3 Å². The van der Waals surface area contributed by atoms with Gasteiger partial charge in [-0.15, -0.1) is 0 Å². The maximum absolute atomic E-state index is 11.0. The Morgan fingerprint density at radius 1 is 1.15 bits per heavy atom. The van der Waals surface area contributed by atoms with Crippen molar-refractivity contribution in [2.75, 3.05) is 0 Å². The van der Waals surface area contributed by atoms with Gasteiger partial charge in [-0.2, -0.15) is 0 Å². The molecule has 2 aromatic rings. The molecule has 3 N–H and O–H groups in total. The van der Waals surface area contributed by atoms with Gasteiger partial charge >= 0.3 is 5.97 Å². The predicted octanol–water partition coefficient (Wildman–Crippen LogP) is 3.40. The molecule has 100 valence electrons. The lowest BCUT2D eigenvalue weighted by molar-refractivity contribution is 0.0697. The van der Waals surface area contributed by atoms with E-state index in [2.05, 4.69) is 10.0 Å². The van der Waals surface area contributed by atoms with Crippen molar-refractivity contribution in [3.63, 3.8) is 0 Å². The third-order valence-electron chi connectivity index (χ3n) is 2.70. The fourth-order valence-electron chi connectivity index (χ4n) is 1.77. The maximum Gasteiger partial charge on any atom is 0.335 e. The molecule has 0 spiro atoms. The van der Waals surface area contributed by atoms with Gasteiger partial charge in [0, 0.05) is 16.2 Å². The molecule has 0 aromatic heterocycles. The average Bonchev–Trinajstić information content (AvgIpc) is 2.43. The number of para-hydroxylation sites is 1. The molecule has 20 heavy (non-hydrogen) atoms. The van der Waals surface area contributed by atoms with Crippen molar-refractivity contribution in [2.24, 2.45) is 5.11 Å². The highest BCUT2D eigenvalue weighted by atomic mass is 16.4. The van der Waals surface area contributed by atoms with Crippen LogP contribution in [0.2, 0.25) is 0 Å². The number of azide groups is 1. The zero-order valence-corrected chi connectivity index (χ0v) is 10.1. The van der Waals surface area contributed by atoms with Crippen LogP contribution in [0.3, 0.4) is 0 Å². The fraction of sp³-hybridized carbons (Fsp3) is 0. The van der Waals surface area contributed by atoms with Crippen LogP contribution in [0.15, 0.2) is 41.5 Å². The SMILES string of the molecule is [N-]=[N+]=Nc1ccc(C(=O)O)cc1-c1cccc(O)c1O. The first-order chi connectivity index (χ1) is 9.54. The molecule has 0 aliphatic heterocycles. The number of aromatic hydroxyl groups is 2. The van der Waals surface area contributed by atoms with E-state index in [9.17, 15) is 15.0 Å². The van der Waals surface area contributed by atoms with Crippen LogP contribution >= 0.6 is 0 Å². The number of carbonyl (C=O) groups is 1. The van der Waals surface area contributed by atoms with Gasteiger partial charge in [-0.3, -0.25) is 0 Å². The number of carboxylic acids is 1. The fourth-order valence-corrected chi connectivity index (χ4v) is 1.77. The molecule has 7 nitrogen and oxygen atoms in total. The molecule has 0 amide bonds. The lowest BCUT2D eigenvalue weighted by Crippen LogP contribution is -1.96. The van der Waals surface area contributed by atoms with Gasteiger partial charge in [-0.1, -0.05) is 23.3 Å². The lowest BCUT2D eigenvalue weighted by Gasteiger charge is -2.10. The molecule has 2 aromatic carbocycles. The van der Waals surface area contributed by atoms with Crippen molar-refractivity contribution in [1.29, 1.82) is 0 Å². The van der Waals surface area contributed by atoms with E-state index < -0.39 is 11.7 Å². The Labute approximate surface area is 113 Å². The number of phenolic OH excluding ortho intramolecular Hbond substituents is 2. The summed E-state index contributed by atoms with van der Waals surface area (Å²) >= 11 is 0. The standard InChI is InChI=1S/C13H9N3O4/c14-16-15-10-5-4-7(13(19)20)6-9(10)8-2-1-3-11(17)12(8)18/h1-6,17-18H,(H,19,20). The van der Waals surface area contributed by atoms with E-state index in [0.29, 0.717) is 0 Å². The predicted molar refractivity (Wildman–Crippen MR) is 71.0 cm³/mol. The van der Waals surface area contributed by atoms with Gasteiger partial charge in [0.05, 0.1) is 5.56 Å². The zero-order valence-electron chi connectivity index (χ0n) is 10.1. The number of phenols is 2. The van der Waals surface area contributed by atoms with Crippen LogP contribution in [0.25, 0.3) is 21.6 Å². The number of benzene rings is 2. The topological polar surface area (TPSA) is 127 Å². The monoisotopic (exact) mass is 271 g/mol. The van der Waals surface area contributed by atoms with E-state index in [1.165, 1.54) is 36.4 Å². The summed E-state index contributed by atoms with van der Waals surface area (Å²) in [6.07, 6.45) is 0. The summed E-state index contributed by atoms with van der Waals surface area (Å²) in [5.74, 6) is -1.92. The Hall–Kier alpha value is -3.18. The van der Waals surface area contributed by atoms with E-state index in [0.717, 1.165) is 0 Å². The van der Waals surface area contributed by atoms with Crippen LogP contribution in [-0.4, -0.2) is 21.3 Å². The number of hydrogen-bond acceptors (Lipinski definition) is 4. The molecule has 0 saturated carbocycles. The molecule has 0 atom stereocenters. The summed E-state index contributed by atoms with van der Waals surface area (Å²) in [5, 5.41) is 31.8. The highest BCUT2D eigenvalue weighted by molar-refractivity contribution is 5.92. The third-order valence-corrected chi connectivity index (χ3v) is 2.70. The number of carboxylic acid groups (broad SMARTS) is 1. The van der Waals surface area contributed by atoms with Gasteiger partial charge in [-0.25, -0.2) is 4.79 Å². The van der Waals surface area contributed by atoms with Crippen LogP contribution in [0.5, 0.6) is 11.5 Å². The number of rotatable bonds is 3. The van der Waals surface area contributed by atoms with Gasteiger partial charge in [0.1, 0.15) is 0 Å². The summed E-state index contributed by atoms with van der Waals surface area (Å²) < 4.78 is 0. The van der Waals surface area contributed by atoms with Crippen molar-refractivity contribution >= 4 is 11.7 Å². The van der Waals surface area contributed by atoms with Crippen molar-refractivity contribution in [3.05, 3.63) is 52.4 Å². The molecule has 0 aliphatic rings. The smallest absolute Gasteiger partial charge is 0.335 e. The highest BCUT2D eigenvalue weighted by Crippen LogP contribution is 2.40. The largest absolute Gasteiger partial charge is 0.504 e. The van der Waals surface area contributed by atoms with Crippen molar-refractivity contribution in [2.45, 2.75) is 0 Å². The van der Waals surface area contributed by atoms with Crippen LogP contribution < -0.4 is 0 Å². The van der Waals surface area contributed by atoms with Crippen LogP contribution in [0.4, 0.5) is 5.69 Å². The molecule has 0 aliphatic carbocycles. The van der Waals surface area contributed by atoms with E-state index >= 15 is 0 Å². The van der Waals surface area contributed by atoms with E-state index in [1.807, 2.05) is 0 Å². The van der Waals surface area contributed by atoms with E-state index in [4.69, 9.17) is 10.6 Å². The van der Waals surface area contributed by atoms with E-state index in [1.54, 1.807) is 0 Å². The Kier molecular flexibility index (Phi) is 3.45. The first-order valence-electron chi connectivity index (χ1n) is 5.48. The molecular formula is C13H9N3O4. The quantitative estimate of drug-likeness (QED) is 0.342. The molecule has 0 saturated heterocycles. The molecule has 2 rings (SSSR count). The minimum atomic E-state index is -1.15. The summed E-state index contributed by atoms with van der Waals surface area (Å²) in [4.78, 5) is 13.6. The number of hydrogen-bond donors (Lipinski definition) is 3. The molecule has 7 heteroatoms. The van der Waals surface area contributed by atoms with Gasteiger partial charge in [0.25, 0.3) is 0 Å². The zero-order chi connectivity index (χ0) is 14.7. The first kappa shape index (κ1) is 13.3. The molecule has 0 heterocycles. The summed E-state index contributed by atoms with van der Waals surface area (Å²) in [6, 6.07) is 8.13. The second-order valence-corrected chi connectivity index (χ2v) is 3.90. The van der Waals surface area contributed by atoms with Crippen molar-refractivity contribution < 1.29 is 20.1 Å². The number of nitrogens with zero attached hydrogens (tertiary/aromatic N) is 3. The van der Waals surface area contributed by atoms with Crippen molar-refractivity contribution in [1.82, 2.24) is 0 Å².